The molecular formula is C28H54N4O5. The van der Waals surface area contributed by atoms with Crippen molar-refractivity contribution in [3.63, 3.8) is 0 Å². The zero-order valence-electron chi connectivity index (χ0n) is 25.2. The summed E-state index contributed by atoms with van der Waals surface area (Å²) < 4.78 is 11.7. The highest BCUT2D eigenvalue weighted by molar-refractivity contribution is 5.91. The van der Waals surface area contributed by atoms with Crippen molar-refractivity contribution in [1.29, 1.82) is 0 Å². The molecule has 3 amide bonds. The number of nitrogens with one attached hydrogen (secondary N) is 1. The average molecular weight is 527 g/mol. The first-order valence-electron chi connectivity index (χ1n) is 13.8. The van der Waals surface area contributed by atoms with Crippen LogP contribution in [-0.4, -0.2) is 91.2 Å². The lowest BCUT2D eigenvalue weighted by Crippen LogP contribution is -2.60. The number of carbonyl (C=O) groups is 3. The molecule has 9 heteroatoms. The molecule has 6 atom stereocenters. The molecule has 3 N–H and O–H groups in total. The minimum absolute atomic E-state index is 0.0183. The Labute approximate surface area is 225 Å². The van der Waals surface area contributed by atoms with E-state index in [1.165, 1.54) is 0 Å². The fraction of sp³-hybridized carbons (Fsp3) is 0.893. The van der Waals surface area contributed by atoms with E-state index in [2.05, 4.69) is 33.0 Å². The van der Waals surface area contributed by atoms with Gasteiger partial charge in [-0.15, -0.1) is 0 Å². The summed E-state index contributed by atoms with van der Waals surface area (Å²) in [6.45, 7) is 16.1. The van der Waals surface area contributed by atoms with Gasteiger partial charge < -0.3 is 30.3 Å². The minimum Gasteiger partial charge on any atom is -0.379 e. The molecule has 0 aromatic carbocycles. The van der Waals surface area contributed by atoms with Gasteiger partial charge in [-0.05, 0) is 44.4 Å². The van der Waals surface area contributed by atoms with Crippen molar-refractivity contribution >= 4 is 17.7 Å². The molecule has 1 heterocycles. The van der Waals surface area contributed by atoms with Crippen LogP contribution in [-0.2, 0) is 23.9 Å². The highest BCUT2D eigenvalue weighted by atomic mass is 16.5. The highest BCUT2D eigenvalue weighted by Crippen LogP contribution is 2.29. The fourth-order valence-electron chi connectivity index (χ4n) is 5.40. The summed E-state index contributed by atoms with van der Waals surface area (Å²) in [6.07, 6.45) is 2.32. The second-order valence-corrected chi connectivity index (χ2v) is 12.0. The van der Waals surface area contributed by atoms with E-state index >= 15 is 0 Å². The predicted molar refractivity (Wildman–Crippen MR) is 147 cm³/mol. The Hall–Kier alpha value is -1.71. The van der Waals surface area contributed by atoms with Gasteiger partial charge in [0.15, 0.2) is 0 Å². The van der Waals surface area contributed by atoms with E-state index in [1.807, 2.05) is 18.7 Å². The highest BCUT2D eigenvalue weighted by Gasteiger charge is 2.41. The molecule has 0 aromatic rings. The molecule has 9 nitrogen and oxygen atoms in total. The van der Waals surface area contributed by atoms with Crippen LogP contribution in [0.5, 0.6) is 0 Å². The normalized spacial score (nSPS) is 20.5. The predicted octanol–water partition coefficient (Wildman–Crippen LogP) is 2.80. The van der Waals surface area contributed by atoms with Crippen LogP contribution in [0.4, 0.5) is 0 Å². The topological polar surface area (TPSA) is 114 Å². The van der Waals surface area contributed by atoms with Gasteiger partial charge in [0, 0.05) is 27.8 Å². The lowest BCUT2D eigenvalue weighted by molar-refractivity contribution is -0.147. The zero-order valence-corrected chi connectivity index (χ0v) is 25.2. The van der Waals surface area contributed by atoms with E-state index in [-0.39, 0.29) is 54.2 Å². The third-order valence-corrected chi connectivity index (χ3v) is 7.81. The Morgan fingerprint density at radius 1 is 1.08 bits per heavy atom. The Balaban J connectivity index is 3.19. The molecule has 1 fully saturated rings. The molecule has 6 unspecified atom stereocenters. The number of likely N-dealkylation sites (tertiary alicyclic amines) is 1. The van der Waals surface area contributed by atoms with Crippen LogP contribution in [0.15, 0.2) is 0 Å². The molecule has 0 bridgehead atoms. The summed E-state index contributed by atoms with van der Waals surface area (Å²) in [6, 6.07) is -1.05. The van der Waals surface area contributed by atoms with Gasteiger partial charge in [0.1, 0.15) is 6.04 Å². The van der Waals surface area contributed by atoms with Crippen LogP contribution in [0, 0.1) is 17.8 Å². The second kappa shape index (κ2) is 14.4. The summed E-state index contributed by atoms with van der Waals surface area (Å²) in [5.74, 6) is -0.369. The second-order valence-electron chi connectivity index (χ2n) is 12.0. The van der Waals surface area contributed by atoms with Crippen LogP contribution in [0.25, 0.3) is 0 Å². The third-order valence-electron chi connectivity index (χ3n) is 7.81. The maximum absolute atomic E-state index is 13.7. The quantitative estimate of drug-likeness (QED) is 0.360. The van der Waals surface area contributed by atoms with Crippen molar-refractivity contribution in [3.05, 3.63) is 0 Å². The monoisotopic (exact) mass is 526 g/mol. The lowest BCUT2D eigenvalue weighted by atomic mass is 9.89. The number of methoxy groups -OCH3 is 2. The standard InChI is InChI=1S/C28H54N4O5/c1-12-19(6)24(31(9)26(34)23(17(2)3)30-27(35)28(7,8)29)21(36-10)16-22(33)32-15-13-14-20(32)25(37-11)18(4)5/h17-21,23-25H,12-16,29H2,1-11H3,(H,30,35). The van der Waals surface area contributed by atoms with Gasteiger partial charge >= 0.3 is 0 Å². The van der Waals surface area contributed by atoms with Crippen molar-refractivity contribution in [1.82, 2.24) is 15.1 Å². The zero-order chi connectivity index (χ0) is 28.7. The number of rotatable bonds is 14. The van der Waals surface area contributed by atoms with Crippen molar-refractivity contribution < 1.29 is 23.9 Å². The maximum Gasteiger partial charge on any atom is 0.245 e. The molecule has 1 saturated heterocycles. The fourth-order valence-corrected chi connectivity index (χ4v) is 5.40. The summed E-state index contributed by atoms with van der Waals surface area (Å²) in [7, 11) is 5.04. The number of hydrogen-bond acceptors (Lipinski definition) is 6. The van der Waals surface area contributed by atoms with Crippen LogP contribution in [0.2, 0.25) is 0 Å². The first-order chi connectivity index (χ1) is 17.1. The molecule has 0 aliphatic carbocycles. The first-order valence-corrected chi connectivity index (χ1v) is 13.8. The van der Waals surface area contributed by atoms with Gasteiger partial charge in [-0.2, -0.15) is 0 Å². The Kier molecular flexibility index (Phi) is 13.0. The Bertz CT molecular complexity index is 751. The largest absolute Gasteiger partial charge is 0.379 e. The summed E-state index contributed by atoms with van der Waals surface area (Å²) in [4.78, 5) is 43.5. The van der Waals surface area contributed by atoms with Crippen LogP contribution in [0.3, 0.4) is 0 Å². The number of hydrogen-bond donors (Lipinski definition) is 2. The number of likely N-dealkylation sites (N-methyl/N-ethyl adjacent to an activating group) is 1. The van der Waals surface area contributed by atoms with Crippen LogP contribution in [0.1, 0.15) is 81.1 Å². The van der Waals surface area contributed by atoms with Crippen molar-refractivity contribution in [2.24, 2.45) is 23.5 Å². The summed E-state index contributed by atoms with van der Waals surface area (Å²) in [5.41, 5.74) is 4.87. The molecule has 1 rings (SSSR count). The molecule has 37 heavy (non-hydrogen) atoms. The summed E-state index contributed by atoms with van der Waals surface area (Å²) in [5, 5.41) is 2.84. The Morgan fingerprint density at radius 2 is 1.68 bits per heavy atom. The van der Waals surface area contributed by atoms with E-state index in [4.69, 9.17) is 15.2 Å². The third kappa shape index (κ3) is 8.65. The van der Waals surface area contributed by atoms with E-state index in [1.54, 1.807) is 40.0 Å². The maximum atomic E-state index is 13.7. The van der Waals surface area contributed by atoms with Gasteiger partial charge in [0.05, 0.1) is 36.3 Å². The average Bonchev–Trinajstić information content (AvgIpc) is 3.29. The van der Waals surface area contributed by atoms with Gasteiger partial charge in [-0.1, -0.05) is 48.0 Å². The lowest BCUT2D eigenvalue weighted by Gasteiger charge is -2.41. The smallest absolute Gasteiger partial charge is 0.245 e. The molecule has 1 aliphatic heterocycles. The van der Waals surface area contributed by atoms with E-state index in [0.717, 1.165) is 19.3 Å². The van der Waals surface area contributed by atoms with E-state index in [0.29, 0.717) is 12.5 Å². The van der Waals surface area contributed by atoms with E-state index in [9.17, 15) is 14.4 Å². The number of ether oxygens (including phenoxy) is 2. The van der Waals surface area contributed by atoms with Crippen molar-refractivity contribution in [3.8, 4) is 0 Å². The Morgan fingerprint density at radius 3 is 2.11 bits per heavy atom. The van der Waals surface area contributed by atoms with Crippen LogP contribution >= 0.6 is 0 Å². The molecule has 0 spiro atoms. The molecule has 0 aromatic heterocycles. The van der Waals surface area contributed by atoms with Gasteiger partial charge in [-0.3, -0.25) is 14.4 Å². The van der Waals surface area contributed by atoms with Gasteiger partial charge in [0.25, 0.3) is 0 Å². The molecule has 0 saturated carbocycles. The molecule has 216 valence electrons. The first kappa shape index (κ1) is 33.3. The molecule has 1 aliphatic rings. The van der Waals surface area contributed by atoms with Gasteiger partial charge in [0.2, 0.25) is 17.7 Å². The van der Waals surface area contributed by atoms with E-state index < -0.39 is 17.7 Å². The number of amides is 3. The molecular weight excluding hydrogens is 472 g/mol. The molecule has 0 radical (unpaired) electrons. The SMILES string of the molecule is CCC(C)C(C(CC(=O)N1CCCC1C(OC)C(C)C)OC)N(C)C(=O)C(NC(=O)C(C)(C)N)C(C)C. The van der Waals surface area contributed by atoms with Gasteiger partial charge in [-0.25, -0.2) is 0 Å². The van der Waals surface area contributed by atoms with Crippen molar-refractivity contribution in [2.75, 3.05) is 27.8 Å². The number of nitrogens with two attached hydrogens (primary N) is 1. The minimum atomic E-state index is -1.11. The van der Waals surface area contributed by atoms with Crippen molar-refractivity contribution in [2.45, 2.75) is 117 Å². The number of carbonyl (C=O) groups excluding carboxylic acids is 3. The van der Waals surface area contributed by atoms with Crippen LogP contribution < -0.4 is 11.1 Å². The number of nitrogens with zero attached hydrogens (tertiary/aromatic N) is 2. The summed E-state index contributed by atoms with van der Waals surface area (Å²) >= 11 is 0.